The molecule has 0 radical (unpaired) electrons. The molecule has 5 nitrogen and oxygen atoms in total. The number of aryl methyl sites for hydroxylation is 1. The standard InChI is InChI=1S/C15H23N3O2/c1-11-4-5-12(16)8-13(11)17-14(19)9-18-7-3-6-15(2,20)10-18/h4-5,8,20H,3,6-7,9-10,16H2,1-2H3,(H,17,19). The fourth-order valence-electron chi connectivity index (χ4n) is 2.63. The van der Waals surface area contributed by atoms with Crippen LogP contribution in [0.2, 0.25) is 0 Å². The summed E-state index contributed by atoms with van der Waals surface area (Å²) in [6.45, 7) is 5.43. The van der Waals surface area contributed by atoms with E-state index in [-0.39, 0.29) is 5.91 Å². The van der Waals surface area contributed by atoms with Crippen molar-refractivity contribution in [2.75, 3.05) is 30.7 Å². The number of carbonyl (C=O) groups is 1. The number of hydrogen-bond donors (Lipinski definition) is 3. The lowest BCUT2D eigenvalue weighted by Crippen LogP contribution is -2.48. The topological polar surface area (TPSA) is 78.6 Å². The van der Waals surface area contributed by atoms with Crippen LogP contribution >= 0.6 is 0 Å². The normalized spacial score (nSPS) is 23.6. The van der Waals surface area contributed by atoms with Crippen LogP contribution in [0.4, 0.5) is 11.4 Å². The molecule has 20 heavy (non-hydrogen) atoms. The minimum Gasteiger partial charge on any atom is -0.399 e. The van der Waals surface area contributed by atoms with Gasteiger partial charge >= 0.3 is 0 Å². The summed E-state index contributed by atoms with van der Waals surface area (Å²) >= 11 is 0. The van der Waals surface area contributed by atoms with Crippen molar-refractivity contribution < 1.29 is 9.90 Å². The average molecular weight is 277 g/mol. The number of nitrogens with one attached hydrogen (secondary N) is 1. The monoisotopic (exact) mass is 277 g/mol. The SMILES string of the molecule is Cc1ccc(N)cc1NC(=O)CN1CCCC(C)(O)C1. The molecule has 1 aromatic rings. The van der Waals surface area contributed by atoms with Crippen molar-refractivity contribution in [2.24, 2.45) is 0 Å². The van der Waals surface area contributed by atoms with Gasteiger partial charge in [0.15, 0.2) is 0 Å². The van der Waals surface area contributed by atoms with Crippen LogP contribution in [0.25, 0.3) is 0 Å². The van der Waals surface area contributed by atoms with Gasteiger partial charge < -0.3 is 16.2 Å². The van der Waals surface area contributed by atoms with E-state index in [1.807, 2.05) is 30.9 Å². The molecule has 0 spiro atoms. The zero-order valence-electron chi connectivity index (χ0n) is 12.1. The summed E-state index contributed by atoms with van der Waals surface area (Å²) in [7, 11) is 0. The number of anilines is 2. The van der Waals surface area contributed by atoms with Gasteiger partial charge in [-0.1, -0.05) is 6.07 Å². The molecule has 1 amide bonds. The highest BCUT2D eigenvalue weighted by Gasteiger charge is 2.29. The van der Waals surface area contributed by atoms with Crippen molar-refractivity contribution in [3.8, 4) is 0 Å². The lowest BCUT2D eigenvalue weighted by molar-refractivity contribution is -0.118. The highest BCUT2D eigenvalue weighted by Crippen LogP contribution is 2.21. The summed E-state index contributed by atoms with van der Waals surface area (Å²) in [4.78, 5) is 14.1. The molecule has 110 valence electrons. The molecule has 5 heteroatoms. The first kappa shape index (κ1) is 14.8. The molecule has 1 atom stereocenters. The summed E-state index contributed by atoms with van der Waals surface area (Å²) in [5.41, 5.74) is 7.40. The van der Waals surface area contributed by atoms with Gasteiger partial charge in [-0.2, -0.15) is 0 Å². The van der Waals surface area contributed by atoms with Gasteiger partial charge in [0, 0.05) is 17.9 Å². The summed E-state index contributed by atoms with van der Waals surface area (Å²) in [6, 6.07) is 5.46. The molecule has 1 aromatic carbocycles. The second-order valence-corrected chi connectivity index (χ2v) is 5.93. The Hall–Kier alpha value is -1.59. The highest BCUT2D eigenvalue weighted by molar-refractivity contribution is 5.93. The fraction of sp³-hybridized carbons (Fsp3) is 0.533. The van der Waals surface area contributed by atoms with E-state index < -0.39 is 5.60 Å². The van der Waals surface area contributed by atoms with Gasteiger partial charge in [0.1, 0.15) is 0 Å². The fourth-order valence-corrected chi connectivity index (χ4v) is 2.63. The van der Waals surface area contributed by atoms with Crippen LogP contribution in [0.5, 0.6) is 0 Å². The number of hydrogen-bond acceptors (Lipinski definition) is 4. The van der Waals surface area contributed by atoms with Crippen LogP contribution < -0.4 is 11.1 Å². The van der Waals surface area contributed by atoms with Crippen molar-refractivity contribution in [3.05, 3.63) is 23.8 Å². The Morgan fingerprint density at radius 2 is 2.30 bits per heavy atom. The Balaban J connectivity index is 1.94. The van der Waals surface area contributed by atoms with E-state index >= 15 is 0 Å². The third-order valence-corrected chi connectivity index (χ3v) is 3.66. The van der Waals surface area contributed by atoms with Crippen molar-refractivity contribution in [3.63, 3.8) is 0 Å². The molecule has 1 heterocycles. The molecule has 0 aliphatic carbocycles. The van der Waals surface area contributed by atoms with Crippen LogP contribution in [0.15, 0.2) is 18.2 Å². The molecule has 2 rings (SSSR count). The van der Waals surface area contributed by atoms with Gasteiger partial charge in [0.05, 0.1) is 12.1 Å². The number of nitrogens with zero attached hydrogens (tertiary/aromatic N) is 1. The van der Waals surface area contributed by atoms with E-state index in [0.717, 1.165) is 30.6 Å². The Bertz CT molecular complexity index is 500. The lowest BCUT2D eigenvalue weighted by atomic mass is 9.95. The number of aliphatic hydroxyl groups is 1. The maximum atomic E-state index is 12.1. The van der Waals surface area contributed by atoms with E-state index in [1.54, 1.807) is 6.07 Å². The van der Waals surface area contributed by atoms with E-state index in [0.29, 0.717) is 18.8 Å². The number of nitrogen functional groups attached to an aromatic ring is 1. The molecule has 1 aliphatic rings. The Labute approximate surface area is 119 Å². The van der Waals surface area contributed by atoms with Crippen LogP contribution in [0, 0.1) is 6.92 Å². The Morgan fingerprint density at radius 1 is 1.55 bits per heavy atom. The van der Waals surface area contributed by atoms with Gasteiger partial charge in [-0.25, -0.2) is 0 Å². The van der Waals surface area contributed by atoms with Crippen LogP contribution in [0.3, 0.4) is 0 Å². The first-order valence-corrected chi connectivity index (χ1v) is 6.96. The Morgan fingerprint density at radius 3 is 3.00 bits per heavy atom. The maximum Gasteiger partial charge on any atom is 0.238 e. The van der Waals surface area contributed by atoms with Gasteiger partial charge in [-0.05, 0) is 50.9 Å². The molecular formula is C15H23N3O2. The summed E-state index contributed by atoms with van der Waals surface area (Å²) in [5.74, 6) is -0.0728. The number of β-amino-alcohol motifs (C(OH)–C–C–N with tert-alkyl or cyclic N) is 1. The van der Waals surface area contributed by atoms with E-state index in [4.69, 9.17) is 5.73 Å². The summed E-state index contributed by atoms with van der Waals surface area (Å²) < 4.78 is 0. The Kier molecular flexibility index (Phi) is 4.30. The highest BCUT2D eigenvalue weighted by atomic mass is 16.3. The third kappa shape index (κ3) is 3.95. The van der Waals surface area contributed by atoms with E-state index in [1.165, 1.54) is 0 Å². The van der Waals surface area contributed by atoms with Gasteiger partial charge in [0.2, 0.25) is 5.91 Å². The third-order valence-electron chi connectivity index (χ3n) is 3.66. The smallest absolute Gasteiger partial charge is 0.238 e. The molecular weight excluding hydrogens is 254 g/mol. The van der Waals surface area contributed by atoms with Crippen molar-refractivity contribution in [1.82, 2.24) is 4.90 Å². The minimum absolute atomic E-state index is 0.0728. The lowest BCUT2D eigenvalue weighted by Gasteiger charge is -2.36. The molecule has 0 bridgehead atoms. The first-order valence-electron chi connectivity index (χ1n) is 6.96. The van der Waals surface area contributed by atoms with Crippen LogP contribution in [-0.2, 0) is 4.79 Å². The van der Waals surface area contributed by atoms with Crippen molar-refractivity contribution >= 4 is 17.3 Å². The largest absolute Gasteiger partial charge is 0.399 e. The van der Waals surface area contributed by atoms with E-state index in [2.05, 4.69) is 5.32 Å². The first-order chi connectivity index (χ1) is 9.35. The molecule has 1 fully saturated rings. The number of piperidine rings is 1. The van der Waals surface area contributed by atoms with Crippen molar-refractivity contribution in [1.29, 1.82) is 0 Å². The molecule has 1 aliphatic heterocycles. The number of nitrogens with two attached hydrogens (primary N) is 1. The summed E-state index contributed by atoms with van der Waals surface area (Å²) in [6.07, 6.45) is 1.71. The van der Waals surface area contributed by atoms with Gasteiger partial charge in [-0.15, -0.1) is 0 Å². The molecule has 1 unspecified atom stereocenters. The zero-order chi connectivity index (χ0) is 14.8. The van der Waals surface area contributed by atoms with Crippen LogP contribution in [-0.4, -0.2) is 41.1 Å². The second-order valence-electron chi connectivity index (χ2n) is 5.93. The molecule has 1 saturated heterocycles. The van der Waals surface area contributed by atoms with E-state index in [9.17, 15) is 9.90 Å². The number of benzene rings is 1. The number of carbonyl (C=O) groups excluding carboxylic acids is 1. The van der Waals surface area contributed by atoms with Gasteiger partial charge in [-0.3, -0.25) is 9.69 Å². The number of amides is 1. The number of likely N-dealkylation sites (tertiary alicyclic amines) is 1. The minimum atomic E-state index is -0.689. The summed E-state index contributed by atoms with van der Waals surface area (Å²) in [5, 5.41) is 12.9. The predicted octanol–water partition coefficient (Wildman–Crippen LogP) is 1.36. The van der Waals surface area contributed by atoms with Gasteiger partial charge in [0.25, 0.3) is 0 Å². The molecule has 4 N–H and O–H groups in total. The zero-order valence-corrected chi connectivity index (χ0v) is 12.1. The number of rotatable bonds is 3. The average Bonchev–Trinajstić information content (AvgIpc) is 2.32. The molecule has 0 aromatic heterocycles. The second kappa shape index (κ2) is 5.81. The quantitative estimate of drug-likeness (QED) is 0.729. The molecule has 0 saturated carbocycles. The van der Waals surface area contributed by atoms with Crippen LogP contribution in [0.1, 0.15) is 25.3 Å². The predicted molar refractivity (Wildman–Crippen MR) is 80.5 cm³/mol. The van der Waals surface area contributed by atoms with Crippen molar-refractivity contribution in [2.45, 2.75) is 32.3 Å². The maximum absolute atomic E-state index is 12.1.